The number of hydrogen-bond donors (Lipinski definition) is 0. The van der Waals surface area contributed by atoms with Gasteiger partial charge in [-0.3, -0.25) is 0 Å². The zero-order chi connectivity index (χ0) is 6.20. The third-order valence-electron chi connectivity index (χ3n) is 1.34. The molecule has 1 saturated carbocycles. The minimum atomic E-state index is -2.38. The maximum absolute atomic E-state index is 12.2. The minimum absolute atomic E-state index is 0.0208. The summed E-state index contributed by atoms with van der Waals surface area (Å²) in [5.74, 6) is -2.38. The molecule has 48 valence electrons. The molecule has 0 bridgehead atoms. The molecule has 0 radical (unpaired) electrons. The molecule has 3 heteroatoms. The van der Waals surface area contributed by atoms with E-state index in [9.17, 15) is 8.78 Å². The van der Waals surface area contributed by atoms with E-state index in [-0.39, 0.29) is 17.7 Å². The Morgan fingerprint density at radius 1 is 1.50 bits per heavy atom. The normalized spacial score (nSPS) is 35.6. The van der Waals surface area contributed by atoms with Crippen LogP contribution in [0.3, 0.4) is 0 Å². The lowest BCUT2D eigenvalue weighted by molar-refractivity contribution is 0.00992. The van der Waals surface area contributed by atoms with Crippen LogP contribution < -0.4 is 0 Å². The van der Waals surface area contributed by atoms with Crippen molar-refractivity contribution in [3.05, 3.63) is 0 Å². The molecule has 8 heavy (non-hydrogen) atoms. The Balaban J connectivity index is 2.44. The van der Waals surface area contributed by atoms with Gasteiger partial charge in [-0.05, 0) is 6.42 Å². The van der Waals surface area contributed by atoms with E-state index in [1.54, 1.807) is 0 Å². The van der Waals surface area contributed by atoms with E-state index in [1.165, 1.54) is 0 Å². The minimum Gasteiger partial charge on any atom is -0.207 e. The van der Waals surface area contributed by atoms with Crippen molar-refractivity contribution in [2.45, 2.75) is 30.0 Å². The molecular formula is C5H7BrF2. The number of rotatable bonds is 0. The van der Waals surface area contributed by atoms with Gasteiger partial charge in [0.2, 0.25) is 5.92 Å². The maximum Gasteiger partial charge on any atom is 0.249 e. The highest BCUT2D eigenvalue weighted by molar-refractivity contribution is 9.09. The van der Waals surface area contributed by atoms with Gasteiger partial charge >= 0.3 is 0 Å². The Hall–Kier alpha value is 0.340. The van der Waals surface area contributed by atoms with Crippen LogP contribution in [0.5, 0.6) is 0 Å². The quantitative estimate of drug-likeness (QED) is 0.508. The van der Waals surface area contributed by atoms with E-state index in [0.717, 1.165) is 0 Å². The summed E-state index contributed by atoms with van der Waals surface area (Å²) >= 11 is 3.13. The largest absolute Gasteiger partial charge is 0.249 e. The van der Waals surface area contributed by atoms with E-state index in [2.05, 4.69) is 15.9 Å². The highest BCUT2D eigenvalue weighted by atomic mass is 79.9. The van der Waals surface area contributed by atoms with Crippen molar-refractivity contribution in [2.75, 3.05) is 0 Å². The molecular weight excluding hydrogens is 178 g/mol. The molecule has 0 spiro atoms. The summed E-state index contributed by atoms with van der Waals surface area (Å²) < 4.78 is 24.3. The summed E-state index contributed by atoms with van der Waals surface area (Å²) in [5.41, 5.74) is 0. The van der Waals surface area contributed by atoms with Gasteiger partial charge < -0.3 is 0 Å². The number of hydrogen-bond acceptors (Lipinski definition) is 0. The Morgan fingerprint density at radius 3 is 2.25 bits per heavy atom. The van der Waals surface area contributed by atoms with Crippen LogP contribution in [0.4, 0.5) is 8.78 Å². The Kier molecular flexibility index (Phi) is 1.56. The molecule has 1 aliphatic carbocycles. The first-order valence-corrected chi connectivity index (χ1v) is 3.54. The smallest absolute Gasteiger partial charge is 0.207 e. The zero-order valence-electron chi connectivity index (χ0n) is 4.33. The maximum atomic E-state index is 12.2. The molecule has 0 amide bonds. The second-order valence-corrected chi connectivity index (χ2v) is 3.49. The van der Waals surface area contributed by atoms with Gasteiger partial charge in [-0.1, -0.05) is 15.9 Å². The fourth-order valence-electron chi connectivity index (χ4n) is 0.896. The van der Waals surface area contributed by atoms with Crippen LogP contribution in [0.1, 0.15) is 19.3 Å². The van der Waals surface area contributed by atoms with Crippen LogP contribution in [0.2, 0.25) is 0 Å². The van der Waals surface area contributed by atoms with Crippen molar-refractivity contribution in [1.29, 1.82) is 0 Å². The van der Waals surface area contributed by atoms with Crippen molar-refractivity contribution in [3.8, 4) is 0 Å². The first-order valence-electron chi connectivity index (χ1n) is 2.62. The second-order valence-electron chi connectivity index (χ2n) is 2.20. The first kappa shape index (κ1) is 6.46. The fourth-order valence-corrected chi connectivity index (χ4v) is 1.60. The van der Waals surface area contributed by atoms with Gasteiger partial charge in [0.25, 0.3) is 0 Å². The van der Waals surface area contributed by atoms with Crippen molar-refractivity contribution in [2.24, 2.45) is 0 Å². The van der Waals surface area contributed by atoms with Gasteiger partial charge in [0.05, 0.1) is 0 Å². The van der Waals surface area contributed by atoms with Crippen LogP contribution >= 0.6 is 15.9 Å². The lowest BCUT2D eigenvalue weighted by Crippen LogP contribution is -2.08. The molecule has 1 rings (SSSR count). The van der Waals surface area contributed by atoms with E-state index in [0.29, 0.717) is 6.42 Å². The van der Waals surface area contributed by atoms with E-state index in [1.807, 2.05) is 0 Å². The Labute approximate surface area is 55.4 Å². The summed E-state index contributed by atoms with van der Waals surface area (Å²) in [6.07, 6.45) is 0.697. The summed E-state index contributed by atoms with van der Waals surface area (Å²) in [5, 5.41) is 0. The molecule has 0 aliphatic heterocycles. The number of alkyl halides is 3. The van der Waals surface area contributed by atoms with Crippen molar-refractivity contribution < 1.29 is 8.78 Å². The van der Waals surface area contributed by atoms with Gasteiger partial charge in [-0.2, -0.15) is 0 Å². The zero-order valence-corrected chi connectivity index (χ0v) is 5.92. The summed E-state index contributed by atoms with van der Waals surface area (Å²) in [6.45, 7) is 0. The van der Waals surface area contributed by atoms with Gasteiger partial charge in [0.1, 0.15) is 0 Å². The Bertz CT molecular complexity index is 92.4. The SMILES string of the molecule is FC1(F)CC[C@@H](Br)C1. The summed E-state index contributed by atoms with van der Waals surface area (Å²) in [6, 6.07) is 0. The highest BCUT2D eigenvalue weighted by Crippen LogP contribution is 2.38. The van der Waals surface area contributed by atoms with Gasteiger partial charge in [-0.15, -0.1) is 0 Å². The molecule has 0 aromatic rings. The summed E-state index contributed by atoms with van der Waals surface area (Å²) in [4.78, 5) is 0.0532. The molecule has 0 N–H and O–H groups in total. The molecule has 0 aromatic carbocycles. The van der Waals surface area contributed by atoms with Crippen LogP contribution in [-0.2, 0) is 0 Å². The van der Waals surface area contributed by atoms with Crippen LogP contribution in [0.25, 0.3) is 0 Å². The molecule has 0 aromatic heterocycles. The van der Waals surface area contributed by atoms with Crippen LogP contribution in [0, 0.1) is 0 Å². The topological polar surface area (TPSA) is 0 Å². The molecule has 0 nitrogen and oxygen atoms in total. The third kappa shape index (κ3) is 1.41. The van der Waals surface area contributed by atoms with Crippen LogP contribution in [0.15, 0.2) is 0 Å². The lowest BCUT2D eigenvalue weighted by Gasteiger charge is -2.04. The molecule has 0 unspecified atom stereocenters. The highest BCUT2D eigenvalue weighted by Gasteiger charge is 2.37. The fraction of sp³-hybridized carbons (Fsp3) is 1.00. The van der Waals surface area contributed by atoms with E-state index >= 15 is 0 Å². The predicted octanol–water partition coefficient (Wildman–Crippen LogP) is 2.57. The third-order valence-corrected chi connectivity index (χ3v) is 2.13. The van der Waals surface area contributed by atoms with Gasteiger partial charge in [0.15, 0.2) is 0 Å². The lowest BCUT2D eigenvalue weighted by atomic mass is 10.3. The average Bonchev–Trinajstić information content (AvgIpc) is 1.82. The van der Waals surface area contributed by atoms with Crippen molar-refractivity contribution in [3.63, 3.8) is 0 Å². The molecule has 0 heterocycles. The molecule has 1 atom stereocenters. The van der Waals surface area contributed by atoms with Crippen molar-refractivity contribution in [1.82, 2.24) is 0 Å². The Morgan fingerprint density at radius 2 is 2.12 bits per heavy atom. The van der Waals surface area contributed by atoms with Gasteiger partial charge in [0, 0.05) is 17.7 Å². The van der Waals surface area contributed by atoms with Crippen LogP contribution in [-0.4, -0.2) is 10.7 Å². The monoisotopic (exact) mass is 184 g/mol. The first-order chi connectivity index (χ1) is 3.60. The van der Waals surface area contributed by atoms with Gasteiger partial charge in [-0.25, -0.2) is 8.78 Å². The molecule has 1 aliphatic rings. The van der Waals surface area contributed by atoms with E-state index in [4.69, 9.17) is 0 Å². The summed E-state index contributed by atoms with van der Waals surface area (Å²) in [7, 11) is 0. The molecule has 1 fully saturated rings. The predicted molar refractivity (Wildman–Crippen MR) is 31.5 cm³/mol. The standard InChI is InChI=1S/C5H7BrF2/c6-4-1-2-5(7,8)3-4/h4H,1-3H2/t4-/m1/s1. The second kappa shape index (κ2) is 1.94. The van der Waals surface area contributed by atoms with Crippen molar-refractivity contribution >= 4 is 15.9 Å². The van der Waals surface area contributed by atoms with E-state index < -0.39 is 5.92 Å². The average molecular weight is 185 g/mol. The molecule has 0 saturated heterocycles. The number of halogens is 3.